The quantitative estimate of drug-likeness (QED) is 0.747. The summed E-state index contributed by atoms with van der Waals surface area (Å²) in [5.41, 5.74) is 7.11. The van der Waals surface area contributed by atoms with Crippen molar-refractivity contribution in [3.63, 3.8) is 0 Å². The molecule has 0 aliphatic heterocycles. The molecule has 1 aromatic rings. The fourth-order valence-corrected chi connectivity index (χ4v) is 2.05. The third-order valence-corrected chi connectivity index (χ3v) is 2.90. The lowest BCUT2D eigenvalue weighted by Gasteiger charge is -2.15. The Bertz CT molecular complexity index is 251. The highest BCUT2D eigenvalue weighted by molar-refractivity contribution is 5.21. The molecule has 1 saturated carbocycles. The van der Waals surface area contributed by atoms with Gasteiger partial charge in [0.25, 0.3) is 0 Å². The van der Waals surface area contributed by atoms with Crippen LogP contribution >= 0.6 is 0 Å². The average Bonchev–Trinajstić information content (AvgIpc) is 2.99. The average molecular weight is 175 g/mol. The van der Waals surface area contributed by atoms with Crippen LogP contribution in [0.1, 0.15) is 30.7 Å². The first-order chi connectivity index (χ1) is 6.42. The molecule has 0 aromatic heterocycles. The predicted octanol–water partition coefficient (Wildman–Crippen LogP) is 2.53. The van der Waals surface area contributed by atoms with Gasteiger partial charge in [0.15, 0.2) is 0 Å². The first kappa shape index (κ1) is 8.76. The van der Waals surface area contributed by atoms with Gasteiger partial charge < -0.3 is 5.73 Å². The minimum Gasteiger partial charge on any atom is -0.330 e. The van der Waals surface area contributed by atoms with Crippen LogP contribution in [0.3, 0.4) is 0 Å². The van der Waals surface area contributed by atoms with Crippen molar-refractivity contribution < 1.29 is 0 Å². The van der Waals surface area contributed by atoms with E-state index in [-0.39, 0.29) is 0 Å². The van der Waals surface area contributed by atoms with E-state index in [2.05, 4.69) is 30.3 Å². The highest BCUT2D eigenvalue weighted by atomic mass is 14.5. The number of hydrogen-bond donors (Lipinski definition) is 1. The standard InChI is InChI=1S/C12H17N/c13-9-8-12(11-6-7-11)10-4-2-1-3-5-10/h1-5,11-12H,6-9,13H2. The minimum atomic E-state index is 0.728. The Morgan fingerprint density at radius 2 is 1.92 bits per heavy atom. The van der Waals surface area contributed by atoms with E-state index >= 15 is 0 Å². The Balaban J connectivity index is 2.10. The van der Waals surface area contributed by atoms with Gasteiger partial charge in [-0.2, -0.15) is 0 Å². The van der Waals surface area contributed by atoms with Crippen molar-refractivity contribution in [2.45, 2.75) is 25.2 Å². The monoisotopic (exact) mass is 175 g/mol. The maximum Gasteiger partial charge on any atom is -0.00713 e. The van der Waals surface area contributed by atoms with E-state index in [1.54, 1.807) is 0 Å². The molecule has 0 heterocycles. The number of rotatable bonds is 4. The zero-order valence-electron chi connectivity index (χ0n) is 7.95. The molecule has 0 bridgehead atoms. The molecule has 1 atom stereocenters. The van der Waals surface area contributed by atoms with Gasteiger partial charge in [-0.05, 0) is 43.2 Å². The van der Waals surface area contributed by atoms with Crippen molar-refractivity contribution in [3.8, 4) is 0 Å². The fraction of sp³-hybridized carbons (Fsp3) is 0.500. The van der Waals surface area contributed by atoms with E-state index in [4.69, 9.17) is 5.73 Å². The lowest BCUT2D eigenvalue weighted by Crippen LogP contribution is -2.08. The second-order valence-electron chi connectivity index (χ2n) is 3.93. The van der Waals surface area contributed by atoms with E-state index in [0.29, 0.717) is 0 Å². The predicted molar refractivity (Wildman–Crippen MR) is 55.6 cm³/mol. The van der Waals surface area contributed by atoms with Crippen molar-refractivity contribution in [2.24, 2.45) is 11.7 Å². The molecule has 1 aliphatic carbocycles. The van der Waals surface area contributed by atoms with Crippen LogP contribution in [0.2, 0.25) is 0 Å². The largest absolute Gasteiger partial charge is 0.330 e. The summed E-state index contributed by atoms with van der Waals surface area (Å²) in [5, 5.41) is 0. The Hall–Kier alpha value is -0.820. The molecule has 0 saturated heterocycles. The molecule has 1 fully saturated rings. The van der Waals surface area contributed by atoms with Gasteiger partial charge in [-0.1, -0.05) is 30.3 Å². The van der Waals surface area contributed by atoms with E-state index in [0.717, 1.165) is 24.8 Å². The van der Waals surface area contributed by atoms with Gasteiger partial charge in [0.2, 0.25) is 0 Å². The zero-order chi connectivity index (χ0) is 9.10. The number of benzene rings is 1. The molecule has 1 unspecified atom stereocenters. The smallest absolute Gasteiger partial charge is 0.00713 e. The summed E-state index contributed by atoms with van der Waals surface area (Å²) in [6, 6.07) is 10.8. The third kappa shape index (κ3) is 2.10. The lowest BCUT2D eigenvalue weighted by molar-refractivity contribution is 0.565. The first-order valence-electron chi connectivity index (χ1n) is 5.17. The van der Waals surface area contributed by atoms with Gasteiger partial charge in [0.05, 0.1) is 0 Å². The summed E-state index contributed by atoms with van der Waals surface area (Å²) in [5.74, 6) is 1.65. The van der Waals surface area contributed by atoms with Gasteiger partial charge in [0.1, 0.15) is 0 Å². The van der Waals surface area contributed by atoms with Crippen LogP contribution in [-0.4, -0.2) is 6.54 Å². The zero-order valence-corrected chi connectivity index (χ0v) is 7.95. The summed E-state index contributed by atoms with van der Waals surface area (Å²) in [6.07, 6.45) is 3.95. The highest BCUT2D eigenvalue weighted by Crippen LogP contribution is 2.44. The van der Waals surface area contributed by atoms with Gasteiger partial charge in [-0.15, -0.1) is 0 Å². The van der Waals surface area contributed by atoms with Gasteiger partial charge >= 0.3 is 0 Å². The molecule has 1 heteroatoms. The second kappa shape index (κ2) is 3.93. The number of nitrogens with two attached hydrogens (primary N) is 1. The normalized spacial score (nSPS) is 18.5. The van der Waals surface area contributed by atoms with Crippen LogP contribution in [-0.2, 0) is 0 Å². The van der Waals surface area contributed by atoms with Crippen LogP contribution in [0.4, 0.5) is 0 Å². The summed E-state index contributed by atoms with van der Waals surface area (Å²) in [4.78, 5) is 0. The molecule has 0 spiro atoms. The second-order valence-corrected chi connectivity index (χ2v) is 3.93. The molecule has 1 aliphatic rings. The Labute approximate surface area is 80.0 Å². The van der Waals surface area contributed by atoms with E-state index in [1.807, 2.05) is 0 Å². The molecule has 0 amide bonds. The molecule has 2 N–H and O–H groups in total. The van der Waals surface area contributed by atoms with Crippen LogP contribution in [0.25, 0.3) is 0 Å². The maximum absolute atomic E-state index is 5.63. The van der Waals surface area contributed by atoms with Crippen molar-refractivity contribution in [1.29, 1.82) is 0 Å². The lowest BCUT2D eigenvalue weighted by atomic mass is 9.91. The molecular weight excluding hydrogens is 158 g/mol. The molecule has 0 radical (unpaired) electrons. The van der Waals surface area contributed by atoms with Gasteiger partial charge in [-0.25, -0.2) is 0 Å². The molecule has 70 valence electrons. The fourth-order valence-electron chi connectivity index (χ4n) is 2.05. The van der Waals surface area contributed by atoms with Crippen LogP contribution in [0.15, 0.2) is 30.3 Å². The molecule has 2 rings (SSSR count). The Morgan fingerprint density at radius 3 is 2.46 bits per heavy atom. The SMILES string of the molecule is NCCC(c1ccccc1)C1CC1. The van der Waals surface area contributed by atoms with Crippen molar-refractivity contribution in [2.75, 3.05) is 6.54 Å². The van der Waals surface area contributed by atoms with Crippen LogP contribution in [0, 0.1) is 5.92 Å². The Morgan fingerprint density at radius 1 is 1.23 bits per heavy atom. The van der Waals surface area contributed by atoms with Crippen molar-refractivity contribution >= 4 is 0 Å². The van der Waals surface area contributed by atoms with Crippen molar-refractivity contribution in [1.82, 2.24) is 0 Å². The summed E-state index contributed by atoms with van der Waals surface area (Å²) in [7, 11) is 0. The Kier molecular flexibility index (Phi) is 2.65. The van der Waals surface area contributed by atoms with Gasteiger partial charge in [-0.3, -0.25) is 0 Å². The highest BCUT2D eigenvalue weighted by Gasteiger charge is 2.31. The molecular formula is C12H17N. The van der Waals surface area contributed by atoms with Crippen molar-refractivity contribution in [3.05, 3.63) is 35.9 Å². The van der Waals surface area contributed by atoms with Gasteiger partial charge in [0, 0.05) is 0 Å². The van der Waals surface area contributed by atoms with E-state index in [1.165, 1.54) is 18.4 Å². The summed E-state index contributed by atoms with van der Waals surface area (Å²) < 4.78 is 0. The number of hydrogen-bond acceptors (Lipinski definition) is 1. The van der Waals surface area contributed by atoms with E-state index in [9.17, 15) is 0 Å². The summed E-state index contributed by atoms with van der Waals surface area (Å²) in [6.45, 7) is 0.816. The molecule has 1 aromatic carbocycles. The summed E-state index contributed by atoms with van der Waals surface area (Å²) >= 11 is 0. The minimum absolute atomic E-state index is 0.728. The van der Waals surface area contributed by atoms with E-state index < -0.39 is 0 Å². The topological polar surface area (TPSA) is 26.0 Å². The first-order valence-corrected chi connectivity index (χ1v) is 5.17. The van der Waals surface area contributed by atoms with Crippen LogP contribution < -0.4 is 5.73 Å². The van der Waals surface area contributed by atoms with Crippen LogP contribution in [0.5, 0.6) is 0 Å². The maximum atomic E-state index is 5.63. The molecule has 13 heavy (non-hydrogen) atoms. The molecule has 1 nitrogen and oxygen atoms in total. The third-order valence-electron chi connectivity index (χ3n) is 2.90.